The third-order valence-electron chi connectivity index (χ3n) is 2.74. The zero-order valence-electron chi connectivity index (χ0n) is 8.47. The van der Waals surface area contributed by atoms with E-state index in [1.807, 2.05) is 27.0 Å². The maximum Gasteiger partial charge on any atom is 0.234 e. The topological polar surface area (TPSA) is 20.3 Å². The number of carbonyl (C=O) groups is 1. The van der Waals surface area contributed by atoms with E-state index >= 15 is 0 Å². The van der Waals surface area contributed by atoms with Gasteiger partial charge in [-0.05, 0) is 47.0 Å². The first-order chi connectivity index (χ1) is 6.52. The van der Waals surface area contributed by atoms with E-state index in [4.69, 9.17) is 0 Å². The van der Waals surface area contributed by atoms with Crippen molar-refractivity contribution in [1.29, 1.82) is 0 Å². The van der Waals surface area contributed by atoms with E-state index in [1.54, 1.807) is 4.90 Å². The van der Waals surface area contributed by atoms with Gasteiger partial charge in [0.05, 0.1) is 11.6 Å². The molecule has 1 heterocycles. The Kier molecular flexibility index (Phi) is 2.14. The van der Waals surface area contributed by atoms with Gasteiger partial charge < -0.3 is 4.90 Å². The van der Waals surface area contributed by atoms with Gasteiger partial charge in [-0.3, -0.25) is 4.79 Å². The van der Waals surface area contributed by atoms with Gasteiger partial charge >= 0.3 is 0 Å². The summed E-state index contributed by atoms with van der Waals surface area (Å²) in [5.74, 6) is 0.164. The standard InChI is InChI=1S/C11H12BrNO/c1-6-4-8-7(2)11(14)13(3)10(8)9(12)5-6/h4-5,7H,1-3H3/t7-/m0/s1. The first-order valence-corrected chi connectivity index (χ1v) is 5.39. The Bertz CT molecular complexity index is 414. The lowest BCUT2D eigenvalue weighted by molar-refractivity contribution is -0.118. The quantitative estimate of drug-likeness (QED) is 0.697. The van der Waals surface area contributed by atoms with E-state index in [0.29, 0.717) is 0 Å². The minimum atomic E-state index is -0.00815. The van der Waals surface area contributed by atoms with Crippen LogP contribution in [-0.4, -0.2) is 13.0 Å². The summed E-state index contributed by atoms with van der Waals surface area (Å²) in [7, 11) is 1.82. The molecule has 0 N–H and O–H groups in total. The van der Waals surface area contributed by atoms with Gasteiger partial charge in [-0.15, -0.1) is 0 Å². The van der Waals surface area contributed by atoms with Gasteiger partial charge in [-0.25, -0.2) is 0 Å². The molecule has 3 heteroatoms. The normalized spacial score (nSPS) is 20.1. The molecule has 1 atom stereocenters. The summed E-state index contributed by atoms with van der Waals surface area (Å²) in [5.41, 5.74) is 3.34. The predicted molar refractivity (Wildman–Crippen MR) is 60.7 cm³/mol. The molecule has 0 radical (unpaired) electrons. The monoisotopic (exact) mass is 253 g/mol. The summed E-state index contributed by atoms with van der Waals surface area (Å²) in [6.45, 7) is 4.00. The van der Waals surface area contributed by atoms with Crippen molar-refractivity contribution in [1.82, 2.24) is 0 Å². The molecule has 1 amide bonds. The van der Waals surface area contributed by atoms with Crippen LogP contribution in [0.4, 0.5) is 5.69 Å². The fraction of sp³-hybridized carbons (Fsp3) is 0.364. The Morgan fingerprint density at radius 3 is 2.71 bits per heavy atom. The lowest BCUT2D eigenvalue weighted by atomic mass is 10.0. The second-order valence-corrected chi connectivity index (χ2v) is 4.66. The van der Waals surface area contributed by atoms with Crippen molar-refractivity contribution in [3.8, 4) is 0 Å². The molecule has 2 nitrogen and oxygen atoms in total. The summed E-state index contributed by atoms with van der Waals surface area (Å²) < 4.78 is 1.01. The highest BCUT2D eigenvalue weighted by Gasteiger charge is 2.33. The molecule has 1 aromatic carbocycles. The average Bonchev–Trinajstić information content (AvgIpc) is 2.31. The van der Waals surface area contributed by atoms with Gasteiger partial charge in [-0.2, -0.15) is 0 Å². The van der Waals surface area contributed by atoms with Crippen LogP contribution >= 0.6 is 15.9 Å². The second-order valence-electron chi connectivity index (χ2n) is 3.80. The number of benzene rings is 1. The molecule has 14 heavy (non-hydrogen) atoms. The minimum absolute atomic E-state index is 0.00815. The lowest BCUT2D eigenvalue weighted by Crippen LogP contribution is -2.22. The molecule has 0 spiro atoms. The Morgan fingerprint density at radius 2 is 2.07 bits per heavy atom. The number of fused-ring (bicyclic) bond motifs is 1. The number of hydrogen-bond acceptors (Lipinski definition) is 1. The molecule has 0 saturated heterocycles. The van der Waals surface area contributed by atoms with Gasteiger partial charge in [-0.1, -0.05) is 6.07 Å². The van der Waals surface area contributed by atoms with Crippen LogP contribution in [0.3, 0.4) is 0 Å². The average molecular weight is 254 g/mol. The molecule has 0 bridgehead atoms. The maximum absolute atomic E-state index is 11.7. The third kappa shape index (κ3) is 1.19. The highest BCUT2D eigenvalue weighted by atomic mass is 79.9. The number of anilines is 1. The molecule has 1 aliphatic rings. The summed E-state index contributed by atoms with van der Waals surface area (Å²) in [5, 5.41) is 0. The van der Waals surface area contributed by atoms with E-state index in [2.05, 4.69) is 22.0 Å². The zero-order valence-corrected chi connectivity index (χ0v) is 10.1. The van der Waals surface area contributed by atoms with Gasteiger partial charge in [0, 0.05) is 11.5 Å². The first kappa shape index (κ1) is 9.71. The molecule has 1 aliphatic heterocycles. The number of rotatable bonds is 0. The third-order valence-corrected chi connectivity index (χ3v) is 3.34. The van der Waals surface area contributed by atoms with Gasteiger partial charge in [0.1, 0.15) is 0 Å². The van der Waals surface area contributed by atoms with Crippen LogP contribution in [0.15, 0.2) is 16.6 Å². The SMILES string of the molecule is Cc1cc(Br)c2c(c1)[C@H](C)C(=O)N2C. The molecule has 2 rings (SSSR count). The van der Waals surface area contributed by atoms with Crippen LogP contribution in [0.25, 0.3) is 0 Å². The second kappa shape index (κ2) is 3.09. The molecule has 74 valence electrons. The Morgan fingerprint density at radius 1 is 1.43 bits per heavy atom. The van der Waals surface area contributed by atoms with Gasteiger partial charge in [0.15, 0.2) is 0 Å². The van der Waals surface area contributed by atoms with Crippen molar-refractivity contribution in [3.63, 3.8) is 0 Å². The fourth-order valence-corrected chi connectivity index (χ4v) is 2.84. The Hall–Kier alpha value is -0.830. The van der Waals surface area contributed by atoms with E-state index in [-0.39, 0.29) is 11.8 Å². The van der Waals surface area contributed by atoms with Crippen molar-refractivity contribution in [3.05, 3.63) is 27.7 Å². The number of carbonyl (C=O) groups excluding carboxylic acids is 1. The van der Waals surface area contributed by atoms with Crippen LogP contribution in [0, 0.1) is 6.92 Å². The smallest absolute Gasteiger partial charge is 0.234 e. The summed E-state index contributed by atoms with van der Waals surface area (Å²) in [4.78, 5) is 13.5. The molecule has 0 fully saturated rings. The lowest BCUT2D eigenvalue weighted by Gasteiger charge is -2.12. The molecular formula is C11H12BrNO. The highest BCUT2D eigenvalue weighted by Crippen LogP contribution is 2.41. The van der Waals surface area contributed by atoms with Crippen molar-refractivity contribution < 1.29 is 4.79 Å². The van der Waals surface area contributed by atoms with Crippen LogP contribution in [0.1, 0.15) is 24.0 Å². The van der Waals surface area contributed by atoms with Crippen LogP contribution in [0.2, 0.25) is 0 Å². The Labute approximate surface area is 92.0 Å². The maximum atomic E-state index is 11.7. The van der Waals surface area contributed by atoms with Crippen molar-refractivity contribution >= 4 is 27.5 Å². The minimum Gasteiger partial charge on any atom is -0.314 e. The molecule has 0 unspecified atom stereocenters. The number of halogens is 1. The number of nitrogens with zero attached hydrogens (tertiary/aromatic N) is 1. The number of aryl methyl sites for hydroxylation is 1. The van der Waals surface area contributed by atoms with Crippen molar-refractivity contribution in [2.24, 2.45) is 0 Å². The molecule has 0 aromatic heterocycles. The van der Waals surface area contributed by atoms with Crippen molar-refractivity contribution in [2.45, 2.75) is 19.8 Å². The number of amides is 1. The van der Waals surface area contributed by atoms with E-state index < -0.39 is 0 Å². The summed E-state index contributed by atoms with van der Waals surface area (Å²) in [6, 6.07) is 4.13. The van der Waals surface area contributed by atoms with E-state index in [9.17, 15) is 4.79 Å². The van der Waals surface area contributed by atoms with Crippen LogP contribution < -0.4 is 4.90 Å². The predicted octanol–water partition coefficient (Wildman–Crippen LogP) is 2.84. The van der Waals surface area contributed by atoms with Gasteiger partial charge in [0.2, 0.25) is 5.91 Å². The van der Waals surface area contributed by atoms with E-state index in [0.717, 1.165) is 15.7 Å². The molecule has 0 saturated carbocycles. The molecular weight excluding hydrogens is 242 g/mol. The van der Waals surface area contributed by atoms with Crippen molar-refractivity contribution in [2.75, 3.05) is 11.9 Å². The largest absolute Gasteiger partial charge is 0.314 e. The van der Waals surface area contributed by atoms with Crippen LogP contribution in [0.5, 0.6) is 0 Å². The number of hydrogen-bond donors (Lipinski definition) is 0. The first-order valence-electron chi connectivity index (χ1n) is 4.60. The summed E-state index contributed by atoms with van der Waals surface area (Å²) in [6.07, 6.45) is 0. The highest BCUT2D eigenvalue weighted by molar-refractivity contribution is 9.10. The fourth-order valence-electron chi connectivity index (χ4n) is 1.98. The molecule has 0 aliphatic carbocycles. The number of likely N-dealkylation sites (N-methyl/N-ethyl adjacent to an activating group) is 1. The van der Waals surface area contributed by atoms with E-state index in [1.165, 1.54) is 5.56 Å². The van der Waals surface area contributed by atoms with Crippen LogP contribution in [-0.2, 0) is 4.79 Å². The summed E-state index contributed by atoms with van der Waals surface area (Å²) >= 11 is 3.50. The Balaban J connectivity index is 2.69. The van der Waals surface area contributed by atoms with Gasteiger partial charge in [0.25, 0.3) is 0 Å². The zero-order chi connectivity index (χ0) is 10.5. The molecule has 1 aromatic rings.